The number of rotatable bonds is 6. The summed E-state index contributed by atoms with van der Waals surface area (Å²) in [7, 11) is -3.52. The predicted octanol–water partition coefficient (Wildman–Crippen LogP) is 2.47. The van der Waals surface area contributed by atoms with E-state index in [1.54, 1.807) is 30.5 Å². The molecule has 0 atom stereocenters. The maximum Gasteiger partial charge on any atom is 0.345 e. The highest BCUT2D eigenvalue weighted by Gasteiger charge is 2.14. The molecule has 0 aliphatic heterocycles. The van der Waals surface area contributed by atoms with Gasteiger partial charge in [-0.25, -0.2) is 9.78 Å². The summed E-state index contributed by atoms with van der Waals surface area (Å²) < 4.78 is 39.3. The van der Waals surface area contributed by atoms with Crippen LogP contribution in [0.15, 0.2) is 45.9 Å². The maximum atomic E-state index is 12.6. The molecule has 1 aromatic carbocycles. The van der Waals surface area contributed by atoms with E-state index in [2.05, 4.69) is 14.2 Å². The summed E-state index contributed by atoms with van der Waals surface area (Å²) in [4.78, 5) is 21.5. The van der Waals surface area contributed by atoms with Crippen molar-refractivity contribution in [1.82, 2.24) is 14.4 Å². The second-order valence-corrected chi connectivity index (χ2v) is 8.49. The predicted molar refractivity (Wildman–Crippen MR) is 110 cm³/mol. The molecule has 30 heavy (non-hydrogen) atoms. The molecule has 3 heterocycles. The molecule has 0 spiro atoms. The van der Waals surface area contributed by atoms with Crippen LogP contribution in [0.1, 0.15) is 11.4 Å². The van der Waals surface area contributed by atoms with E-state index in [0.717, 1.165) is 17.6 Å². The van der Waals surface area contributed by atoms with Crippen LogP contribution in [0.5, 0.6) is 5.75 Å². The number of hydrogen-bond acceptors (Lipinski definition) is 8. The third-order valence-electron chi connectivity index (χ3n) is 4.36. The van der Waals surface area contributed by atoms with Gasteiger partial charge in [-0.1, -0.05) is 0 Å². The average Bonchev–Trinajstić information content (AvgIpc) is 3.08. The molecule has 0 saturated heterocycles. The van der Waals surface area contributed by atoms with E-state index in [1.807, 2.05) is 24.4 Å². The third-order valence-corrected chi connectivity index (χ3v) is 4.95. The highest BCUT2D eigenvalue weighted by molar-refractivity contribution is 7.85. The summed E-state index contributed by atoms with van der Waals surface area (Å²) in [5.74, 6) is 0.431. The molecule has 0 fully saturated rings. The van der Waals surface area contributed by atoms with Gasteiger partial charge in [0, 0.05) is 23.8 Å². The SMILES string of the molecule is Cc1cn2cc(-c3cc4ccc(OCCOS(C)(=O)=O)cc4oc3=O)nc2c(C)n1. The molecule has 0 bridgehead atoms. The molecular weight excluding hydrogens is 410 g/mol. The number of imidazole rings is 1. The Balaban J connectivity index is 1.63. The lowest BCUT2D eigenvalue weighted by Gasteiger charge is -2.07. The van der Waals surface area contributed by atoms with Crippen molar-refractivity contribution in [3.63, 3.8) is 0 Å². The van der Waals surface area contributed by atoms with Gasteiger partial charge in [0.1, 0.15) is 24.5 Å². The first-order valence-corrected chi connectivity index (χ1v) is 10.9. The van der Waals surface area contributed by atoms with Gasteiger partial charge >= 0.3 is 5.63 Å². The van der Waals surface area contributed by atoms with E-state index in [0.29, 0.717) is 33.6 Å². The van der Waals surface area contributed by atoms with E-state index < -0.39 is 15.7 Å². The van der Waals surface area contributed by atoms with Crippen molar-refractivity contribution in [2.75, 3.05) is 19.5 Å². The Kier molecular flexibility index (Phi) is 5.04. The summed E-state index contributed by atoms with van der Waals surface area (Å²) >= 11 is 0. The second-order valence-electron chi connectivity index (χ2n) is 6.85. The molecule has 0 aliphatic rings. The van der Waals surface area contributed by atoms with Gasteiger partial charge in [-0.15, -0.1) is 0 Å². The second kappa shape index (κ2) is 7.54. The fourth-order valence-corrected chi connectivity index (χ4v) is 3.51. The number of aromatic nitrogens is 3. The molecule has 0 saturated carbocycles. The molecule has 0 unspecified atom stereocenters. The van der Waals surface area contributed by atoms with E-state index in [1.165, 1.54) is 0 Å². The number of fused-ring (bicyclic) bond motifs is 2. The van der Waals surface area contributed by atoms with Gasteiger partial charge < -0.3 is 13.6 Å². The number of benzene rings is 1. The van der Waals surface area contributed by atoms with Crippen LogP contribution in [0.25, 0.3) is 27.9 Å². The Morgan fingerprint density at radius 1 is 1.10 bits per heavy atom. The lowest BCUT2D eigenvalue weighted by Crippen LogP contribution is -2.11. The van der Waals surface area contributed by atoms with Gasteiger partial charge in [0.15, 0.2) is 5.65 Å². The van der Waals surface area contributed by atoms with Gasteiger partial charge in [-0.2, -0.15) is 8.42 Å². The monoisotopic (exact) mass is 429 g/mol. The minimum atomic E-state index is -3.52. The minimum absolute atomic E-state index is 0.0367. The zero-order chi connectivity index (χ0) is 21.5. The van der Waals surface area contributed by atoms with Crippen molar-refractivity contribution >= 4 is 26.7 Å². The molecule has 156 valence electrons. The molecule has 0 aliphatic carbocycles. The molecular formula is C20H19N3O6S. The van der Waals surface area contributed by atoms with Crippen LogP contribution in [0.3, 0.4) is 0 Å². The molecule has 0 N–H and O–H groups in total. The van der Waals surface area contributed by atoms with E-state index in [9.17, 15) is 13.2 Å². The fraction of sp³-hybridized carbons (Fsp3) is 0.250. The summed E-state index contributed by atoms with van der Waals surface area (Å²) in [6.45, 7) is 3.68. The molecule has 4 rings (SSSR count). The summed E-state index contributed by atoms with van der Waals surface area (Å²) in [6.07, 6.45) is 4.59. The first-order chi connectivity index (χ1) is 14.2. The normalized spacial score (nSPS) is 12.0. The Morgan fingerprint density at radius 3 is 2.67 bits per heavy atom. The molecule has 3 aromatic heterocycles. The number of ether oxygens (including phenoxy) is 1. The lowest BCUT2D eigenvalue weighted by atomic mass is 10.1. The third kappa shape index (κ3) is 4.19. The molecule has 0 radical (unpaired) electrons. The van der Waals surface area contributed by atoms with Gasteiger partial charge in [-0.05, 0) is 32.0 Å². The number of hydrogen-bond donors (Lipinski definition) is 0. The largest absolute Gasteiger partial charge is 0.491 e. The van der Waals surface area contributed by atoms with Crippen LogP contribution in [0.4, 0.5) is 0 Å². The Morgan fingerprint density at radius 2 is 1.90 bits per heavy atom. The summed E-state index contributed by atoms with van der Waals surface area (Å²) in [5.41, 5.74) is 2.97. The minimum Gasteiger partial charge on any atom is -0.491 e. The molecule has 9 nitrogen and oxygen atoms in total. The standard InChI is InChI=1S/C20H19N3O6S/c1-12-10-23-11-17(22-19(23)13(2)21-12)16-8-14-4-5-15(9-18(14)29-20(16)24)27-6-7-28-30(3,25)26/h4-5,8-11H,6-7H2,1-3H3. The Labute approximate surface area is 172 Å². The average molecular weight is 429 g/mol. The fourth-order valence-electron chi connectivity index (χ4n) is 3.14. The topological polar surface area (TPSA) is 113 Å². The zero-order valence-electron chi connectivity index (χ0n) is 16.6. The first-order valence-electron chi connectivity index (χ1n) is 9.08. The molecule has 10 heteroatoms. The quantitative estimate of drug-likeness (QED) is 0.261. The first kappa shape index (κ1) is 20.0. The van der Waals surface area contributed by atoms with E-state index >= 15 is 0 Å². The Bertz CT molecular complexity index is 1420. The smallest absolute Gasteiger partial charge is 0.345 e. The lowest BCUT2D eigenvalue weighted by molar-refractivity contribution is 0.222. The van der Waals surface area contributed by atoms with Crippen LogP contribution >= 0.6 is 0 Å². The van der Waals surface area contributed by atoms with Crippen LogP contribution in [-0.2, 0) is 14.3 Å². The number of aryl methyl sites for hydroxylation is 2. The van der Waals surface area contributed by atoms with Gasteiger partial charge in [0.25, 0.3) is 10.1 Å². The van der Waals surface area contributed by atoms with Crippen molar-refractivity contribution in [2.24, 2.45) is 0 Å². The zero-order valence-corrected chi connectivity index (χ0v) is 17.4. The van der Waals surface area contributed by atoms with Crippen molar-refractivity contribution in [1.29, 1.82) is 0 Å². The molecule has 0 amide bonds. The van der Waals surface area contributed by atoms with E-state index in [-0.39, 0.29) is 13.2 Å². The van der Waals surface area contributed by atoms with Crippen LogP contribution < -0.4 is 10.4 Å². The van der Waals surface area contributed by atoms with Crippen molar-refractivity contribution < 1.29 is 21.8 Å². The van der Waals surface area contributed by atoms with Crippen LogP contribution in [0.2, 0.25) is 0 Å². The summed E-state index contributed by atoms with van der Waals surface area (Å²) in [6, 6.07) is 6.74. The van der Waals surface area contributed by atoms with Crippen molar-refractivity contribution in [3.8, 4) is 17.0 Å². The van der Waals surface area contributed by atoms with Crippen molar-refractivity contribution in [3.05, 3.63) is 58.5 Å². The van der Waals surface area contributed by atoms with Gasteiger partial charge in [0.05, 0.1) is 28.9 Å². The van der Waals surface area contributed by atoms with Crippen molar-refractivity contribution in [2.45, 2.75) is 13.8 Å². The highest BCUT2D eigenvalue weighted by atomic mass is 32.2. The van der Waals surface area contributed by atoms with Crippen LogP contribution in [-0.4, -0.2) is 42.3 Å². The molecule has 4 aromatic rings. The maximum absolute atomic E-state index is 12.6. The van der Waals surface area contributed by atoms with Crippen LogP contribution in [0, 0.1) is 13.8 Å². The number of nitrogens with zero attached hydrogens (tertiary/aromatic N) is 3. The van der Waals surface area contributed by atoms with Gasteiger partial charge in [0.2, 0.25) is 0 Å². The van der Waals surface area contributed by atoms with Gasteiger partial charge in [-0.3, -0.25) is 9.17 Å². The Hall–Kier alpha value is -3.24. The van der Waals surface area contributed by atoms with E-state index in [4.69, 9.17) is 9.15 Å². The summed E-state index contributed by atoms with van der Waals surface area (Å²) in [5, 5.41) is 0.701. The highest BCUT2D eigenvalue weighted by Crippen LogP contribution is 2.25.